The van der Waals surface area contributed by atoms with E-state index in [4.69, 9.17) is 23.2 Å². The summed E-state index contributed by atoms with van der Waals surface area (Å²) >= 11 is 15.0. The Bertz CT molecular complexity index is 512. The first-order valence-electron chi connectivity index (χ1n) is 4.65. The van der Waals surface area contributed by atoms with Crippen molar-refractivity contribution in [2.75, 3.05) is 5.32 Å². The van der Waals surface area contributed by atoms with Crippen LogP contribution < -0.4 is 5.32 Å². The van der Waals surface area contributed by atoms with E-state index in [1.165, 1.54) is 0 Å². The van der Waals surface area contributed by atoms with E-state index in [2.05, 4.69) is 36.4 Å². The molecule has 2 aromatic rings. The Balaban J connectivity index is 2.37. The van der Waals surface area contributed by atoms with Gasteiger partial charge in [0.1, 0.15) is 0 Å². The van der Waals surface area contributed by atoms with Gasteiger partial charge in [-0.05, 0) is 52.2 Å². The Morgan fingerprint density at radius 2 is 2.00 bits per heavy atom. The van der Waals surface area contributed by atoms with Gasteiger partial charge in [0.05, 0.1) is 5.69 Å². The lowest BCUT2D eigenvalue weighted by molar-refractivity contribution is 0.974. The topological polar surface area (TPSA) is 50.7 Å². The average molecular weight is 334 g/mol. The minimum atomic E-state index is 0.0423. The monoisotopic (exact) mass is 332 g/mol. The number of anilines is 2. The highest BCUT2D eigenvalue weighted by Gasteiger charge is 2.08. The molecule has 0 unspecified atom stereocenters. The number of nitrogens with one attached hydrogen (secondary N) is 1. The molecule has 2 rings (SSSR count). The first-order chi connectivity index (χ1) is 8.06. The highest BCUT2D eigenvalue weighted by molar-refractivity contribution is 9.10. The van der Waals surface area contributed by atoms with Crippen molar-refractivity contribution in [3.8, 4) is 0 Å². The minimum Gasteiger partial charge on any atom is -0.337 e. The molecule has 0 atom stereocenters. The summed E-state index contributed by atoms with van der Waals surface area (Å²) in [5, 5.41) is 10.5. The first-order valence-corrected chi connectivity index (χ1v) is 6.20. The van der Waals surface area contributed by atoms with Crippen LogP contribution in [0.2, 0.25) is 10.4 Å². The van der Waals surface area contributed by atoms with Crippen molar-refractivity contribution in [3.05, 3.63) is 38.7 Å². The van der Waals surface area contributed by atoms with E-state index in [-0.39, 0.29) is 10.4 Å². The van der Waals surface area contributed by atoms with Gasteiger partial charge in [0.2, 0.25) is 5.28 Å². The van der Waals surface area contributed by atoms with Crippen LogP contribution >= 0.6 is 39.1 Å². The van der Waals surface area contributed by atoms with E-state index in [0.717, 1.165) is 15.7 Å². The van der Waals surface area contributed by atoms with Crippen LogP contribution in [0, 0.1) is 6.92 Å². The van der Waals surface area contributed by atoms with Gasteiger partial charge in [-0.1, -0.05) is 17.7 Å². The van der Waals surface area contributed by atoms with Crippen LogP contribution in [0.4, 0.5) is 11.5 Å². The maximum atomic E-state index is 5.87. The van der Waals surface area contributed by atoms with Crippen molar-refractivity contribution in [3.63, 3.8) is 0 Å². The molecule has 1 aromatic heterocycles. The van der Waals surface area contributed by atoms with Gasteiger partial charge >= 0.3 is 0 Å². The zero-order valence-electron chi connectivity index (χ0n) is 8.71. The number of hydrogen-bond donors (Lipinski definition) is 1. The molecule has 7 heteroatoms. The van der Waals surface area contributed by atoms with Gasteiger partial charge in [-0.2, -0.15) is 4.98 Å². The molecule has 88 valence electrons. The van der Waals surface area contributed by atoms with Gasteiger partial charge in [-0.3, -0.25) is 0 Å². The molecule has 0 aliphatic heterocycles. The molecule has 17 heavy (non-hydrogen) atoms. The predicted octanol–water partition coefficient (Wildman–Crippen LogP) is 3.99. The van der Waals surface area contributed by atoms with Gasteiger partial charge in [-0.15, -0.1) is 10.2 Å². The first kappa shape index (κ1) is 12.5. The Morgan fingerprint density at radius 3 is 2.76 bits per heavy atom. The second-order valence-electron chi connectivity index (χ2n) is 3.33. The van der Waals surface area contributed by atoms with Crippen LogP contribution in [0.1, 0.15) is 5.56 Å². The lowest BCUT2D eigenvalue weighted by Gasteiger charge is -2.09. The van der Waals surface area contributed by atoms with Crippen molar-refractivity contribution in [1.29, 1.82) is 0 Å². The molecule has 4 nitrogen and oxygen atoms in total. The quantitative estimate of drug-likeness (QED) is 0.902. The summed E-state index contributed by atoms with van der Waals surface area (Å²) in [7, 11) is 0. The summed E-state index contributed by atoms with van der Waals surface area (Å²) < 4.78 is 0.897. The largest absolute Gasteiger partial charge is 0.337 e. The molecule has 0 bridgehead atoms. The summed E-state index contributed by atoms with van der Waals surface area (Å²) in [5.41, 5.74) is 1.95. The van der Waals surface area contributed by atoms with E-state index in [1.807, 2.05) is 25.1 Å². The Labute approximate surface area is 117 Å². The number of halogens is 3. The highest BCUT2D eigenvalue weighted by Crippen LogP contribution is 2.28. The van der Waals surface area contributed by atoms with Crippen molar-refractivity contribution in [2.24, 2.45) is 0 Å². The van der Waals surface area contributed by atoms with Crippen LogP contribution in [0.25, 0.3) is 0 Å². The van der Waals surface area contributed by atoms with E-state index in [0.29, 0.717) is 5.82 Å². The van der Waals surface area contributed by atoms with Gasteiger partial charge < -0.3 is 5.32 Å². The Hall–Kier alpha value is -0.910. The standard InChI is InChI=1S/C10H7BrCl2N4/c1-5-2-3-6(11)7(4-5)14-9-8(12)16-17-10(13)15-9/h2-4H,1H3,(H,14,15,17). The van der Waals surface area contributed by atoms with Crippen molar-refractivity contribution in [1.82, 2.24) is 15.2 Å². The molecule has 0 saturated heterocycles. The normalized spacial score (nSPS) is 10.4. The van der Waals surface area contributed by atoms with E-state index < -0.39 is 0 Å². The summed E-state index contributed by atoms with van der Waals surface area (Å²) in [6, 6.07) is 5.88. The van der Waals surface area contributed by atoms with Crippen LogP contribution in [0.15, 0.2) is 22.7 Å². The van der Waals surface area contributed by atoms with Gasteiger partial charge in [0.15, 0.2) is 11.0 Å². The van der Waals surface area contributed by atoms with Crippen LogP contribution in [-0.4, -0.2) is 15.2 Å². The second kappa shape index (κ2) is 5.16. The fraction of sp³-hybridized carbons (Fsp3) is 0.100. The summed E-state index contributed by atoms with van der Waals surface area (Å²) in [6.07, 6.45) is 0. The van der Waals surface area contributed by atoms with Crippen LogP contribution in [0.3, 0.4) is 0 Å². The average Bonchev–Trinajstić information content (AvgIpc) is 2.28. The lowest BCUT2D eigenvalue weighted by atomic mass is 10.2. The molecule has 1 heterocycles. The fourth-order valence-electron chi connectivity index (χ4n) is 1.24. The van der Waals surface area contributed by atoms with Crippen LogP contribution in [0.5, 0.6) is 0 Å². The van der Waals surface area contributed by atoms with Gasteiger partial charge in [0, 0.05) is 4.47 Å². The molecule has 0 aliphatic carbocycles. The number of rotatable bonds is 2. The smallest absolute Gasteiger partial charge is 0.245 e. The molecule has 0 radical (unpaired) electrons. The number of aromatic nitrogens is 3. The maximum absolute atomic E-state index is 5.87. The number of nitrogens with zero attached hydrogens (tertiary/aromatic N) is 3. The molecule has 1 aromatic carbocycles. The molecule has 0 amide bonds. The lowest BCUT2D eigenvalue weighted by Crippen LogP contribution is -1.99. The minimum absolute atomic E-state index is 0.0423. The number of aryl methyl sites for hydroxylation is 1. The van der Waals surface area contributed by atoms with E-state index >= 15 is 0 Å². The second-order valence-corrected chi connectivity index (χ2v) is 4.88. The fourth-order valence-corrected chi connectivity index (χ4v) is 1.83. The third-order valence-electron chi connectivity index (χ3n) is 1.99. The summed E-state index contributed by atoms with van der Waals surface area (Å²) in [5.74, 6) is 0.373. The molecule has 0 aliphatic rings. The molecule has 0 saturated carbocycles. The SMILES string of the molecule is Cc1ccc(Br)c(Nc2nc(Cl)nnc2Cl)c1. The van der Waals surface area contributed by atoms with Crippen LogP contribution in [-0.2, 0) is 0 Å². The molecule has 0 fully saturated rings. The van der Waals surface area contributed by atoms with Crippen molar-refractivity contribution < 1.29 is 0 Å². The van der Waals surface area contributed by atoms with E-state index in [1.54, 1.807) is 0 Å². The Kier molecular flexibility index (Phi) is 3.81. The molecular weight excluding hydrogens is 327 g/mol. The van der Waals surface area contributed by atoms with E-state index in [9.17, 15) is 0 Å². The third kappa shape index (κ3) is 3.06. The van der Waals surface area contributed by atoms with Gasteiger partial charge in [0.25, 0.3) is 0 Å². The number of benzene rings is 1. The number of hydrogen-bond acceptors (Lipinski definition) is 4. The Morgan fingerprint density at radius 1 is 1.24 bits per heavy atom. The predicted molar refractivity (Wildman–Crippen MR) is 72.0 cm³/mol. The maximum Gasteiger partial charge on any atom is 0.245 e. The van der Waals surface area contributed by atoms with Crippen molar-refractivity contribution in [2.45, 2.75) is 6.92 Å². The molecular formula is C10H7BrCl2N4. The molecule has 0 spiro atoms. The zero-order valence-corrected chi connectivity index (χ0v) is 11.8. The summed E-state index contributed by atoms with van der Waals surface area (Å²) in [6.45, 7) is 1.99. The zero-order chi connectivity index (χ0) is 12.4. The summed E-state index contributed by atoms with van der Waals surface area (Å²) in [4.78, 5) is 3.97. The van der Waals surface area contributed by atoms with Crippen molar-refractivity contribution >= 4 is 50.6 Å². The third-order valence-corrected chi connectivity index (χ3v) is 3.10. The van der Waals surface area contributed by atoms with Gasteiger partial charge in [-0.25, -0.2) is 0 Å². The highest BCUT2D eigenvalue weighted by atomic mass is 79.9. The molecule has 1 N–H and O–H groups in total.